The van der Waals surface area contributed by atoms with E-state index in [-0.39, 0.29) is 83.4 Å². The summed E-state index contributed by atoms with van der Waals surface area (Å²) in [6.45, 7) is 0. The van der Waals surface area contributed by atoms with E-state index in [9.17, 15) is 30.6 Å². The predicted octanol–water partition coefficient (Wildman–Crippen LogP) is 2.10. The summed E-state index contributed by atoms with van der Waals surface area (Å²) in [6, 6.07) is 51.2. The smallest absolute Gasteiger partial charge is 2.00 e. The molecule has 0 aliphatic rings. The summed E-state index contributed by atoms with van der Waals surface area (Å²) >= 11 is 0. The van der Waals surface area contributed by atoms with E-state index in [1.54, 1.807) is 146 Å². The predicted molar refractivity (Wildman–Crippen MR) is 200 cm³/mol. The molecule has 0 spiro atoms. The molecule has 0 amide bonds. The SMILES string of the molecule is N=C([O-])c1ccccc1.N=C([O-])c1ccccc1.N=C([O-])c1ccccc1.N=C([O-])c1ccccc1.N=C([O-])c1ccccc1.N=C([O-])c1ccccc1.[O-2].[Zn+2].[Zn+2].[Zn+2].[Zn+2]. The van der Waals surface area contributed by atoms with E-state index in [1.165, 1.54) is 0 Å². The summed E-state index contributed by atoms with van der Waals surface area (Å²) in [6.07, 6.45) is 0. The Morgan fingerprint density at radius 2 is 0.305 bits per heavy atom. The van der Waals surface area contributed by atoms with Gasteiger partial charge in [0.2, 0.25) is 0 Å². The molecule has 0 fully saturated rings. The minimum absolute atomic E-state index is 0. The van der Waals surface area contributed by atoms with Crippen LogP contribution in [0.4, 0.5) is 0 Å². The molecule has 0 heterocycles. The Kier molecular flexibility index (Phi) is 40.6. The van der Waals surface area contributed by atoms with Crippen molar-refractivity contribution in [2.75, 3.05) is 0 Å². The Hall–Kier alpha value is -5.41. The summed E-state index contributed by atoms with van der Waals surface area (Å²) < 4.78 is 0. The van der Waals surface area contributed by atoms with Gasteiger partial charge in [0.25, 0.3) is 0 Å². The number of hydrogen-bond donors (Lipinski definition) is 6. The molecule has 0 aliphatic carbocycles. The van der Waals surface area contributed by atoms with Crippen molar-refractivity contribution in [3.05, 3.63) is 215 Å². The average molecular weight is 998 g/mol. The second kappa shape index (κ2) is 38.1. The van der Waals surface area contributed by atoms with Crippen LogP contribution in [0.5, 0.6) is 0 Å². The molecule has 0 aliphatic heterocycles. The maximum absolute atomic E-state index is 10.3. The van der Waals surface area contributed by atoms with Crippen molar-refractivity contribution in [1.29, 1.82) is 32.5 Å². The van der Waals surface area contributed by atoms with Crippen LogP contribution >= 0.6 is 0 Å². The number of benzene rings is 6. The fourth-order valence-corrected chi connectivity index (χ4v) is 3.54. The van der Waals surface area contributed by atoms with Crippen molar-refractivity contribution in [3.8, 4) is 0 Å². The zero-order valence-electron chi connectivity index (χ0n) is 32.0. The molecule has 0 saturated carbocycles. The van der Waals surface area contributed by atoms with E-state index < -0.39 is 35.4 Å². The van der Waals surface area contributed by atoms with Gasteiger partial charge in [0.15, 0.2) is 0 Å². The van der Waals surface area contributed by atoms with Crippen LogP contribution in [0.1, 0.15) is 33.4 Å². The molecule has 0 bridgehead atoms. The van der Waals surface area contributed by atoms with Crippen molar-refractivity contribution in [2.45, 2.75) is 0 Å². The molecule has 0 unspecified atom stereocenters. The Morgan fingerprint density at radius 3 is 0.356 bits per heavy atom. The van der Waals surface area contributed by atoms with Gasteiger partial charge in [-0.25, -0.2) is 0 Å². The van der Waals surface area contributed by atoms with Crippen LogP contribution in [0.3, 0.4) is 0 Å². The summed E-state index contributed by atoms with van der Waals surface area (Å²) in [7, 11) is 0. The Balaban J connectivity index is -0.000000194. The minimum Gasteiger partial charge on any atom is -2.00 e. The fourth-order valence-electron chi connectivity index (χ4n) is 3.54. The second-order valence-corrected chi connectivity index (χ2v) is 10.2. The summed E-state index contributed by atoms with van der Waals surface area (Å²) in [4.78, 5) is 0. The zero-order chi connectivity index (χ0) is 40.1. The minimum atomic E-state index is -0.629. The van der Waals surface area contributed by atoms with Crippen LogP contribution in [0.2, 0.25) is 0 Å². The topological polar surface area (TPSA) is 310 Å². The van der Waals surface area contributed by atoms with Gasteiger partial charge >= 0.3 is 77.9 Å². The molecule has 6 N–H and O–H groups in total. The van der Waals surface area contributed by atoms with Gasteiger partial charge in [0, 0.05) is 0 Å². The molecule has 0 radical (unpaired) electrons. The second-order valence-electron chi connectivity index (χ2n) is 10.2. The van der Waals surface area contributed by atoms with Crippen LogP contribution < -0.4 is 30.6 Å². The van der Waals surface area contributed by atoms with Gasteiger partial charge in [-0.2, -0.15) is 0 Å². The van der Waals surface area contributed by atoms with Crippen molar-refractivity contribution in [2.24, 2.45) is 0 Å². The number of hydrogen-bond acceptors (Lipinski definition) is 12. The molecule has 59 heavy (non-hydrogen) atoms. The van der Waals surface area contributed by atoms with Crippen LogP contribution in [0, 0.1) is 32.5 Å². The number of nitrogens with one attached hydrogen (secondary N) is 6. The molecule has 0 atom stereocenters. The van der Waals surface area contributed by atoms with Crippen molar-refractivity contribution in [3.63, 3.8) is 0 Å². The maximum atomic E-state index is 10.3. The first-order valence-electron chi connectivity index (χ1n) is 15.7. The first kappa shape index (κ1) is 62.8. The van der Waals surface area contributed by atoms with E-state index in [1.807, 2.05) is 36.4 Å². The fraction of sp³-hybridized carbons (Fsp3) is 0. The van der Waals surface area contributed by atoms with Gasteiger partial charge in [0.1, 0.15) is 0 Å². The summed E-state index contributed by atoms with van der Waals surface area (Å²) in [5, 5.41) is 102. The quantitative estimate of drug-likeness (QED) is 0.0824. The standard InChI is InChI=1S/6C7H7NO.O.4Zn/c6*8-7(9)6-4-2-1-3-5-6;;;;;/h6*1-5H,(H2,8,9);;;;;/q;;;;;;-2;4*+2/p-6. The van der Waals surface area contributed by atoms with Crippen molar-refractivity contribution < 1.29 is 114 Å². The normalized spacial score (nSPS) is 8.14. The average Bonchev–Trinajstić information content (AvgIpc) is 3.21. The monoisotopic (exact) mass is 992 g/mol. The molecule has 13 nitrogen and oxygen atoms in total. The molecule has 0 saturated heterocycles. The number of rotatable bonds is 6. The molecule has 6 rings (SSSR count). The molecule has 17 heteroatoms. The largest absolute Gasteiger partial charge is 2.00 e. The van der Waals surface area contributed by atoms with Crippen LogP contribution in [0.15, 0.2) is 182 Å². The van der Waals surface area contributed by atoms with Crippen LogP contribution in [-0.4, -0.2) is 35.4 Å². The Labute approximate surface area is 394 Å². The first-order chi connectivity index (χ1) is 25.8. The molecule has 6 aromatic rings. The van der Waals surface area contributed by atoms with Crippen molar-refractivity contribution >= 4 is 35.4 Å². The van der Waals surface area contributed by atoms with Crippen molar-refractivity contribution in [1.82, 2.24) is 0 Å². The molecule has 6 aromatic carbocycles. The van der Waals surface area contributed by atoms with E-state index in [4.69, 9.17) is 32.5 Å². The molecular formula is C42H36N6O7Zn4. The van der Waals surface area contributed by atoms with Crippen LogP contribution in [-0.2, 0) is 83.4 Å². The van der Waals surface area contributed by atoms with Gasteiger partial charge in [0.05, 0.1) is 0 Å². The third kappa shape index (κ3) is 30.4. The summed E-state index contributed by atoms with van der Waals surface area (Å²) in [5.41, 5.74) is 2.65. The van der Waals surface area contributed by atoms with E-state index in [0.29, 0.717) is 33.4 Å². The first-order valence-corrected chi connectivity index (χ1v) is 15.7. The van der Waals surface area contributed by atoms with Gasteiger partial charge in [-0.15, -0.1) is 0 Å². The molecular weight excluding hydrogens is 962 g/mol. The zero-order valence-corrected chi connectivity index (χ0v) is 43.9. The van der Waals surface area contributed by atoms with Gasteiger partial charge < -0.3 is 68.6 Å². The van der Waals surface area contributed by atoms with Gasteiger partial charge in [-0.05, 0) is 68.8 Å². The Bertz CT molecular complexity index is 1640. The summed E-state index contributed by atoms with van der Waals surface area (Å²) in [5.74, 6) is -3.77. The maximum Gasteiger partial charge on any atom is 2.00 e. The van der Waals surface area contributed by atoms with E-state index >= 15 is 0 Å². The van der Waals surface area contributed by atoms with E-state index in [0.717, 1.165) is 0 Å². The third-order valence-electron chi connectivity index (χ3n) is 6.22. The molecule has 0 aromatic heterocycles. The molecule has 284 valence electrons. The van der Waals surface area contributed by atoms with Crippen LogP contribution in [0.25, 0.3) is 0 Å². The Morgan fingerprint density at radius 1 is 0.220 bits per heavy atom. The van der Waals surface area contributed by atoms with E-state index in [2.05, 4.69) is 0 Å². The van der Waals surface area contributed by atoms with Gasteiger partial charge in [-0.1, -0.05) is 182 Å². The van der Waals surface area contributed by atoms with Gasteiger partial charge in [-0.3, -0.25) is 0 Å². The third-order valence-corrected chi connectivity index (χ3v) is 6.22.